The van der Waals surface area contributed by atoms with Crippen LogP contribution in [0.25, 0.3) is 32.4 Å². The molecule has 42 heavy (non-hydrogen) atoms. The maximum Gasteiger partial charge on any atom is 0.252 e. The molecule has 0 radical (unpaired) electrons. The predicted molar refractivity (Wildman–Crippen MR) is 171 cm³/mol. The second kappa shape index (κ2) is 12.1. The van der Waals surface area contributed by atoms with Crippen molar-refractivity contribution < 1.29 is 14.3 Å². The molecule has 0 aliphatic rings. The van der Waals surface area contributed by atoms with Gasteiger partial charge < -0.3 is 15.4 Å². The lowest BCUT2D eigenvalue weighted by Crippen LogP contribution is -2.45. The summed E-state index contributed by atoms with van der Waals surface area (Å²) in [5.74, 6) is -0.00729. The molecule has 0 aliphatic carbocycles. The number of rotatable bonds is 8. The first-order chi connectivity index (χ1) is 20.5. The Kier molecular flexibility index (Phi) is 7.94. The molecule has 2 amide bonds. The van der Waals surface area contributed by atoms with Gasteiger partial charge in [-0.05, 0) is 48.0 Å². The Morgan fingerprint density at radius 2 is 1.64 bits per heavy atom. The van der Waals surface area contributed by atoms with E-state index in [9.17, 15) is 9.59 Å². The average molecular weight is 638 g/mol. The number of carbonyl (C=O) groups excluding carboxylic acids is 2. The first-order valence-electron chi connectivity index (χ1n) is 13.2. The highest BCUT2D eigenvalue weighted by Crippen LogP contribution is 2.30. The number of nitrogens with one attached hydrogen (secondary N) is 2. The minimum atomic E-state index is -0.857. The Hall–Kier alpha value is -4.60. The third-order valence-electron chi connectivity index (χ3n) is 6.83. The summed E-state index contributed by atoms with van der Waals surface area (Å²) in [5.41, 5.74) is 4.35. The van der Waals surface area contributed by atoms with E-state index in [-0.39, 0.29) is 11.8 Å². The number of nitrogens with zero attached hydrogens (tertiary/aromatic N) is 2. The molecule has 1 atom stereocenters. The summed E-state index contributed by atoms with van der Waals surface area (Å²) in [5, 5.41) is 7.08. The van der Waals surface area contributed by atoms with Crippen LogP contribution in [0.5, 0.6) is 5.75 Å². The van der Waals surface area contributed by atoms with E-state index in [1.165, 1.54) is 11.3 Å². The molecule has 2 N–H and O–H groups in total. The van der Waals surface area contributed by atoms with Gasteiger partial charge in [0.25, 0.3) is 5.91 Å². The molecule has 0 spiro atoms. The van der Waals surface area contributed by atoms with Gasteiger partial charge >= 0.3 is 0 Å². The third-order valence-corrected chi connectivity index (χ3v) is 8.29. The number of hydrogen-bond donors (Lipinski definition) is 2. The highest BCUT2D eigenvalue weighted by atomic mass is 79.9. The van der Waals surface area contributed by atoms with Crippen molar-refractivity contribution in [2.45, 2.75) is 12.5 Å². The minimum absolute atomic E-state index is 0.305. The van der Waals surface area contributed by atoms with Gasteiger partial charge in [-0.25, -0.2) is 9.97 Å². The summed E-state index contributed by atoms with van der Waals surface area (Å²) in [4.78, 5) is 36.9. The Morgan fingerprint density at radius 3 is 2.43 bits per heavy atom. The smallest absolute Gasteiger partial charge is 0.252 e. The lowest BCUT2D eigenvalue weighted by Gasteiger charge is -2.19. The standard InChI is InChI=1S/C33H25BrN4O3S/c1-41-23-15-16-27-30(18-23)42-33(37-27)38-32(40)29(17-20-7-3-2-4-8-20)36-31(39)25-19-28(21-11-13-22(34)14-12-21)35-26-10-6-5-9-24(25)26/h2-16,18-19,29H,17H2,1H3,(H,36,39)(H,37,38,40). The molecular formula is C33H25BrN4O3S. The molecule has 0 saturated carbocycles. The van der Waals surface area contributed by atoms with Crippen LogP contribution in [0.15, 0.2) is 108 Å². The molecule has 6 rings (SSSR count). The maximum atomic E-state index is 13.9. The Labute approximate surface area is 254 Å². The molecule has 7 nitrogen and oxygen atoms in total. The van der Waals surface area contributed by atoms with Crippen molar-refractivity contribution in [3.8, 4) is 17.0 Å². The SMILES string of the molecule is COc1ccc2nc(NC(=O)C(Cc3ccccc3)NC(=O)c3cc(-c4ccc(Br)cc4)nc4ccccc34)sc2c1. The second-order valence-corrected chi connectivity index (χ2v) is 11.6. The van der Waals surface area contributed by atoms with Gasteiger partial charge in [0.1, 0.15) is 11.8 Å². The summed E-state index contributed by atoms with van der Waals surface area (Å²) >= 11 is 4.82. The Morgan fingerprint density at radius 1 is 0.881 bits per heavy atom. The lowest BCUT2D eigenvalue weighted by atomic mass is 10.0. The molecule has 2 aromatic heterocycles. The molecule has 9 heteroatoms. The van der Waals surface area contributed by atoms with Crippen LogP contribution < -0.4 is 15.4 Å². The van der Waals surface area contributed by atoms with E-state index in [1.807, 2.05) is 97.1 Å². The number of ether oxygens (including phenoxy) is 1. The van der Waals surface area contributed by atoms with Crippen molar-refractivity contribution in [1.82, 2.24) is 15.3 Å². The molecule has 0 fully saturated rings. The number of benzene rings is 4. The van der Waals surface area contributed by atoms with E-state index in [0.717, 1.165) is 25.8 Å². The van der Waals surface area contributed by atoms with Gasteiger partial charge in [-0.3, -0.25) is 9.59 Å². The summed E-state index contributed by atoms with van der Waals surface area (Å²) < 4.78 is 7.15. The van der Waals surface area contributed by atoms with Crippen LogP contribution in [0.3, 0.4) is 0 Å². The van der Waals surface area contributed by atoms with Crippen molar-refractivity contribution >= 4 is 65.3 Å². The van der Waals surface area contributed by atoms with Gasteiger partial charge in [0.15, 0.2) is 5.13 Å². The number of amides is 2. The van der Waals surface area contributed by atoms with Crippen LogP contribution in [0, 0.1) is 0 Å². The van der Waals surface area contributed by atoms with Gasteiger partial charge in [0.05, 0.1) is 34.1 Å². The predicted octanol–water partition coefficient (Wildman–Crippen LogP) is 7.26. The fraction of sp³-hybridized carbons (Fsp3) is 0.0909. The van der Waals surface area contributed by atoms with E-state index < -0.39 is 6.04 Å². The minimum Gasteiger partial charge on any atom is -0.497 e. The molecule has 1 unspecified atom stereocenters. The zero-order chi connectivity index (χ0) is 29.1. The normalized spacial score (nSPS) is 11.8. The highest BCUT2D eigenvalue weighted by molar-refractivity contribution is 9.10. The van der Waals surface area contributed by atoms with Crippen LogP contribution in [-0.2, 0) is 11.2 Å². The number of methoxy groups -OCH3 is 1. The molecule has 6 aromatic rings. The van der Waals surface area contributed by atoms with Gasteiger partial charge in [-0.2, -0.15) is 0 Å². The fourth-order valence-electron chi connectivity index (χ4n) is 4.70. The molecule has 2 heterocycles. The number of pyridine rings is 1. The third kappa shape index (κ3) is 6.02. The van der Waals surface area contributed by atoms with Gasteiger partial charge in [-0.1, -0.05) is 87.9 Å². The fourth-order valence-corrected chi connectivity index (χ4v) is 5.87. The number of thiazole rings is 1. The number of carbonyl (C=O) groups is 2. The number of para-hydroxylation sites is 1. The van der Waals surface area contributed by atoms with Crippen LogP contribution in [0.2, 0.25) is 0 Å². The topological polar surface area (TPSA) is 93.2 Å². The number of halogens is 1. The summed E-state index contributed by atoms with van der Waals surface area (Å²) in [7, 11) is 1.61. The summed E-state index contributed by atoms with van der Waals surface area (Å²) in [6.07, 6.45) is 0.305. The number of hydrogen-bond acceptors (Lipinski definition) is 6. The molecule has 4 aromatic carbocycles. The van der Waals surface area contributed by atoms with Crippen LogP contribution in [0.4, 0.5) is 5.13 Å². The van der Waals surface area contributed by atoms with Crippen LogP contribution >= 0.6 is 27.3 Å². The van der Waals surface area contributed by atoms with Crippen LogP contribution in [0.1, 0.15) is 15.9 Å². The first kappa shape index (κ1) is 27.6. The molecule has 0 bridgehead atoms. The van der Waals surface area contributed by atoms with Crippen molar-refractivity contribution in [2.75, 3.05) is 12.4 Å². The average Bonchev–Trinajstić information content (AvgIpc) is 3.42. The van der Waals surface area contributed by atoms with Crippen molar-refractivity contribution in [1.29, 1.82) is 0 Å². The second-order valence-electron chi connectivity index (χ2n) is 9.64. The molecule has 0 saturated heterocycles. The van der Waals surface area contributed by atoms with Crippen molar-refractivity contribution in [3.05, 3.63) is 119 Å². The van der Waals surface area contributed by atoms with Gasteiger partial charge in [-0.15, -0.1) is 0 Å². The summed E-state index contributed by atoms with van der Waals surface area (Å²) in [6.45, 7) is 0. The number of anilines is 1. The largest absolute Gasteiger partial charge is 0.497 e. The van der Waals surface area contributed by atoms with Crippen molar-refractivity contribution in [3.63, 3.8) is 0 Å². The Balaban J connectivity index is 1.32. The molecular weight excluding hydrogens is 612 g/mol. The van der Waals surface area contributed by atoms with E-state index in [2.05, 4.69) is 31.5 Å². The highest BCUT2D eigenvalue weighted by Gasteiger charge is 2.25. The lowest BCUT2D eigenvalue weighted by molar-refractivity contribution is -0.118. The quantitative estimate of drug-likeness (QED) is 0.183. The molecule has 208 valence electrons. The van der Waals surface area contributed by atoms with Gasteiger partial charge in [0, 0.05) is 21.8 Å². The summed E-state index contributed by atoms with van der Waals surface area (Å²) in [6, 6.07) is 31.3. The van der Waals surface area contributed by atoms with E-state index in [4.69, 9.17) is 9.72 Å². The molecule has 0 aliphatic heterocycles. The maximum absolute atomic E-state index is 13.9. The number of fused-ring (bicyclic) bond motifs is 2. The number of aromatic nitrogens is 2. The van der Waals surface area contributed by atoms with Gasteiger partial charge in [0.2, 0.25) is 5.91 Å². The Bertz CT molecular complexity index is 1910. The zero-order valence-corrected chi connectivity index (χ0v) is 24.9. The zero-order valence-electron chi connectivity index (χ0n) is 22.5. The van der Waals surface area contributed by atoms with E-state index in [1.54, 1.807) is 13.2 Å². The van der Waals surface area contributed by atoms with E-state index >= 15 is 0 Å². The van der Waals surface area contributed by atoms with Crippen LogP contribution in [-0.4, -0.2) is 34.9 Å². The monoisotopic (exact) mass is 636 g/mol. The van der Waals surface area contributed by atoms with Crippen molar-refractivity contribution in [2.24, 2.45) is 0 Å². The first-order valence-corrected chi connectivity index (χ1v) is 14.8. The van der Waals surface area contributed by atoms with E-state index in [0.29, 0.717) is 39.5 Å².